The number of nitrogens with zero attached hydrogens (tertiary/aromatic N) is 2. The highest BCUT2D eigenvalue weighted by molar-refractivity contribution is 6.29. The fourth-order valence-corrected chi connectivity index (χ4v) is 1.80. The first-order chi connectivity index (χ1) is 10.0. The first-order valence-corrected chi connectivity index (χ1v) is 7.33. The lowest BCUT2D eigenvalue weighted by Gasteiger charge is -2.11. The van der Waals surface area contributed by atoms with E-state index in [1.54, 1.807) is 12.1 Å². The normalized spacial score (nSPS) is 10.7. The Bertz CT molecular complexity index is 455. The van der Waals surface area contributed by atoms with Gasteiger partial charge in [0.25, 0.3) is 5.91 Å². The molecule has 1 amide bonds. The number of likely N-dealkylation sites (N-methyl/N-ethyl adjacent to an activating group) is 1. The fraction of sp³-hybridized carbons (Fsp3) is 0.571. The van der Waals surface area contributed by atoms with Gasteiger partial charge in [-0.25, -0.2) is 4.98 Å². The van der Waals surface area contributed by atoms with Crippen molar-refractivity contribution in [3.63, 3.8) is 0 Å². The van der Waals surface area contributed by atoms with Gasteiger partial charge in [-0.3, -0.25) is 4.79 Å². The summed E-state index contributed by atoms with van der Waals surface area (Å²) in [6.45, 7) is 5.12. The van der Waals surface area contributed by atoms with Gasteiger partial charge in [0.2, 0.25) is 0 Å². The highest BCUT2D eigenvalue weighted by Crippen LogP contribution is 2.14. The lowest BCUT2D eigenvalue weighted by molar-refractivity contribution is 0.0900. The molecule has 0 fully saturated rings. The van der Waals surface area contributed by atoms with Crippen LogP contribution in [-0.2, 0) is 4.74 Å². The summed E-state index contributed by atoms with van der Waals surface area (Å²) in [5.41, 5.74) is 0.485. The second-order valence-electron chi connectivity index (χ2n) is 4.77. The summed E-state index contributed by atoms with van der Waals surface area (Å²) in [5.74, 6) is 0.409. The van der Waals surface area contributed by atoms with E-state index in [4.69, 9.17) is 16.3 Å². The molecule has 0 bridgehead atoms. The van der Waals surface area contributed by atoms with Gasteiger partial charge in [-0.05, 0) is 33.2 Å². The third-order valence-electron chi connectivity index (χ3n) is 2.63. The largest absolute Gasteiger partial charge is 0.378 e. The van der Waals surface area contributed by atoms with E-state index in [1.165, 1.54) is 0 Å². The Morgan fingerprint density at radius 1 is 1.38 bits per heavy atom. The summed E-state index contributed by atoms with van der Waals surface area (Å²) in [6.07, 6.45) is 0. The van der Waals surface area contributed by atoms with Gasteiger partial charge in [0, 0.05) is 25.2 Å². The monoisotopic (exact) mass is 314 g/mol. The zero-order valence-corrected chi connectivity index (χ0v) is 13.5. The standard InChI is InChI=1S/C14H23ClN4O2/c1-4-16-13-10-11(9-12(15)18-13)14(20)17-5-7-21-8-6-19(2)3/h9-10H,4-8H2,1-3H3,(H,16,18)(H,17,20). The first kappa shape index (κ1) is 17.7. The number of hydrogen-bond donors (Lipinski definition) is 2. The van der Waals surface area contributed by atoms with Crippen LogP contribution in [0.1, 0.15) is 17.3 Å². The maximum atomic E-state index is 12.0. The van der Waals surface area contributed by atoms with Crippen molar-refractivity contribution in [1.29, 1.82) is 0 Å². The van der Waals surface area contributed by atoms with Gasteiger partial charge in [0.15, 0.2) is 0 Å². The lowest BCUT2D eigenvalue weighted by Crippen LogP contribution is -2.28. The van der Waals surface area contributed by atoms with Crippen molar-refractivity contribution in [2.24, 2.45) is 0 Å². The van der Waals surface area contributed by atoms with Crippen molar-refractivity contribution in [2.45, 2.75) is 6.92 Å². The summed E-state index contributed by atoms with van der Waals surface area (Å²) in [5, 5.41) is 6.12. The maximum absolute atomic E-state index is 12.0. The van der Waals surface area contributed by atoms with Crippen LogP contribution in [0.15, 0.2) is 12.1 Å². The number of rotatable bonds is 9. The molecule has 1 aromatic rings. The van der Waals surface area contributed by atoms with Crippen LogP contribution in [-0.4, -0.2) is 62.7 Å². The molecule has 0 saturated heterocycles. The van der Waals surface area contributed by atoms with Crippen molar-refractivity contribution in [3.05, 3.63) is 22.8 Å². The molecule has 21 heavy (non-hydrogen) atoms. The van der Waals surface area contributed by atoms with Crippen molar-refractivity contribution in [1.82, 2.24) is 15.2 Å². The van der Waals surface area contributed by atoms with Gasteiger partial charge in [0.05, 0.1) is 13.2 Å². The van der Waals surface area contributed by atoms with E-state index in [0.29, 0.717) is 42.8 Å². The smallest absolute Gasteiger partial charge is 0.251 e. The minimum absolute atomic E-state index is 0.185. The van der Waals surface area contributed by atoms with Crippen LogP contribution in [0.25, 0.3) is 0 Å². The van der Waals surface area contributed by atoms with Crippen molar-refractivity contribution < 1.29 is 9.53 Å². The summed E-state index contributed by atoms with van der Waals surface area (Å²) in [6, 6.07) is 3.22. The lowest BCUT2D eigenvalue weighted by atomic mass is 10.2. The van der Waals surface area contributed by atoms with Crippen LogP contribution in [0.5, 0.6) is 0 Å². The zero-order chi connectivity index (χ0) is 15.7. The molecule has 0 aliphatic rings. The van der Waals surface area contributed by atoms with Crippen LogP contribution in [0, 0.1) is 0 Å². The number of hydrogen-bond acceptors (Lipinski definition) is 5. The van der Waals surface area contributed by atoms with Crippen LogP contribution >= 0.6 is 11.6 Å². The summed E-state index contributed by atoms with van der Waals surface area (Å²) in [4.78, 5) is 18.1. The number of carbonyl (C=O) groups excluding carboxylic acids is 1. The van der Waals surface area contributed by atoms with E-state index in [0.717, 1.165) is 6.54 Å². The van der Waals surface area contributed by atoms with Gasteiger partial charge < -0.3 is 20.3 Å². The second kappa shape index (κ2) is 9.55. The van der Waals surface area contributed by atoms with E-state index < -0.39 is 0 Å². The molecule has 0 spiro atoms. The Balaban J connectivity index is 2.38. The predicted molar refractivity (Wildman–Crippen MR) is 85.1 cm³/mol. The number of carbonyl (C=O) groups is 1. The van der Waals surface area contributed by atoms with Gasteiger partial charge in [-0.15, -0.1) is 0 Å². The Labute approximate surface area is 130 Å². The van der Waals surface area contributed by atoms with Gasteiger partial charge >= 0.3 is 0 Å². The molecule has 7 heteroatoms. The molecule has 118 valence electrons. The first-order valence-electron chi connectivity index (χ1n) is 6.95. The van der Waals surface area contributed by atoms with E-state index in [1.807, 2.05) is 25.9 Å². The third kappa shape index (κ3) is 7.27. The van der Waals surface area contributed by atoms with E-state index >= 15 is 0 Å². The summed E-state index contributed by atoms with van der Waals surface area (Å²) in [7, 11) is 3.97. The van der Waals surface area contributed by atoms with Crippen molar-refractivity contribution >= 4 is 23.3 Å². The van der Waals surface area contributed by atoms with E-state index in [2.05, 4.69) is 15.6 Å². The number of nitrogens with one attached hydrogen (secondary N) is 2. The average molecular weight is 315 g/mol. The van der Waals surface area contributed by atoms with Crippen LogP contribution in [0.2, 0.25) is 5.15 Å². The number of ether oxygens (including phenoxy) is 1. The number of pyridine rings is 1. The van der Waals surface area contributed by atoms with E-state index in [9.17, 15) is 4.79 Å². The van der Waals surface area contributed by atoms with Crippen LogP contribution < -0.4 is 10.6 Å². The molecule has 1 rings (SSSR count). The molecule has 1 heterocycles. The highest BCUT2D eigenvalue weighted by atomic mass is 35.5. The molecule has 0 radical (unpaired) electrons. The maximum Gasteiger partial charge on any atom is 0.251 e. The Hall–Kier alpha value is -1.37. The third-order valence-corrected chi connectivity index (χ3v) is 2.82. The molecular weight excluding hydrogens is 292 g/mol. The van der Waals surface area contributed by atoms with Crippen LogP contribution in [0.3, 0.4) is 0 Å². The molecular formula is C14H23ClN4O2. The van der Waals surface area contributed by atoms with Gasteiger partial charge in [-0.1, -0.05) is 11.6 Å². The SMILES string of the molecule is CCNc1cc(C(=O)NCCOCCN(C)C)cc(Cl)n1. The quantitative estimate of drug-likeness (QED) is 0.534. The van der Waals surface area contributed by atoms with Crippen molar-refractivity contribution in [2.75, 3.05) is 52.3 Å². The summed E-state index contributed by atoms with van der Waals surface area (Å²) >= 11 is 5.90. The number of anilines is 1. The molecule has 6 nitrogen and oxygen atoms in total. The number of amides is 1. The Kier molecular flexibility index (Phi) is 8.04. The minimum Gasteiger partial charge on any atom is -0.378 e. The summed E-state index contributed by atoms with van der Waals surface area (Å²) < 4.78 is 5.41. The Morgan fingerprint density at radius 2 is 2.14 bits per heavy atom. The Morgan fingerprint density at radius 3 is 2.81 bits per heavy atom. The number of aromatic nitrogens is 1. The molecule has 1 aromatic heterocycles. The van der Waals surface area contributed by atoms with Crippen LogP contribution in [0.4, 0.5) is 5.82 Å². The number of halogens is 1. The van der Waals surface area contributed by atoms with Crippen molar-refractivity contribution in [3.8, 4) is 0 Å². The van der Waals surface area contributed by atoms with Gasteiger partial charge in [-0.2, -0.15) is 0 Å². The fourth-order valence-electron chi connectivity index (χ4n) is 1.59. The molecule has 0 saturated carbocycles. The molecule has 0 aliphatic heterocycles. The second-order valence-corrected chi connectivity index (χ2v) is 5.15. The highest BCUT2D eigenvalue weighted by Gasteiger charge is 2.08. The van der Waals surface area contributed by atoms with Gasteiger partial charge in [0.1, 0.15) is 11.0 Å². The molecule has 0 aliphatic carbocycles. The molecule has 0 unspecified atom stereocenters. The average Bonchev–Trinajstić information content (AvgIpc) is 2.41. The molecule has 0 aromatic carbocycles. The predicted octanol–water partition coefficient (Wildman–Crippen LogP) is 1.47. The zero-order valence-electron chi connectivity index (χ0n) is 12.8. The molecule has 0 atom stereocenters. The molecule has 2 N–H and O–H groups in total. The van der Waals surface area contributed by atoms with E-state index in [-0.39, 0.29) is 5.91 Å². The minimum atomic E-state index is -0.185. The topological polar surface area (TPSA) is 66.5 Å².